The van der Waals surface area contributed by atoms with Gasteiger partial charge in [-0.3, -0.25) is 9.78 Å². The molecule has 19 heavy (non-hydrogen) atoms. The Hall–Kier alpha value is -1.62. The fourth-order valence-electron chi connectivity index (χ4n) is 1.76. The van der Waals surface area contributed by atoms with Gasteiger partial charge in [-0.15, -0.1) is 0 Å². The van der Waals surface area contributed by atoms with Crippen molar-refractivity contribution in [1.82, 2.24) is 9.88 Å². The van der Waals surface area contributed by atoms with Crippen LogP contribution in [-0.2, 0) is 4.74 Å². The van der Waals surface area contributed by atoms with Crippen molar-refractivity contribution < 1.29 is 9.53 Å². The van der Waals surface area contributed by atoms with E-state index in [0.717, 1.165) is 18.7 Å². The van der Waals surface area contributed by atoms with Crippen LogP contribution in [-0.4, -0.2) is 49.1 Å². The first kappa shape index (κ1) is 15.4. The summed E-state index contributed by atoms with van der Waals surface area (Å²) in [5.74, 6) is 0.0144. The topological polar surface area (TPSA) is 54.5 Å². The molecule has 5 heteroatoms. The van der Waals surface area contributed by atoms with E-state index in [0.29, 0.717) is 25.3 Å². The molecule has 0 aliphatic heterocycles. The SMILES string of the molecule is CCCNc1cnccc1C(=O)N(CC)CCOC. The highest BCUT2D eigenvalue weighted by molar-refractivity contribution is 5.99. The van der Waals surface area contributed by atoms with Gasteiger partial charge in [-0.25, -0.2) is 0 Å². The lowest BCUT2D eigenvalue weighted by atomic mass is 10.2. The van der Waals surface area contributed by atoms with E-state index in [9.17, 15) is 4.79 Å². The van der Waals surface area contributed by atoms with Crippen molar-refractivity contribution >= 4 is 11.6 Å². The highest BCUT2D eigenvalue weighted by Crippen LogP contribution is 2.16. The molecule has 0 aliphatic rings. The number of pyridine rings is 1. The number of hydrogen-bond donors (Lipinski definition) is 1. The van der Waals surface area contributed by atoms with E-state index in [1.54, 1.807) is 30.5 Å². The molecule has 1 heterocycles. The Bertz CT molecular complexity index is 396. The molecule has 1 N–H and O–H groups in total. The van der Waals surface area contributed by atoms with E-state index in [2.05, 4.69) is 17.2 Å². The average Bonchev–Trinajstić information content (AvgIpc) is 2.46. The fraction of sp³-hybridized carbons (Fsp3) is 0.571. The zero-order valence-electron chi connectivity index (χ0n) is 12.0. The Morgan fingerprint density at radius 1 is 1.47 bits per heavy atom. The number of nitrogens with zero attached hydrogens (tertiary/aromatic N) is 2. The number of amides is 1. The molecular formula is C14H23N3O2. The van der Waals surface area contributed by atoms with Gasteiger partial charge in [-0.05, 0) is 19.4 Å². The van der Waals surface area contributed by atoms with Gasteiger partial charge < -0.3 is 15.0 Å². The summed E-state index contributed by atoms with van der Waals surface area (Å²) in [4.78, 5) is 18.3. The summed E-state index contributed by atoms with van der Waals surface area (Å²) in [6.45, 7) is 6.69. The lowest BCUT2D eigenvalue weighted by Gasteiger charge is -2.22. The van der Waals surface area contributed by atoms with Gasteiger partial charge in [0, 0.05) is 32.9 Å². The number of carbonyl (C=O) groups is 1. The average molecular weight is 265 g/mol. The third kappa shape index (κ3) is 4.52. The molecule has 0 spiro atoms. The van der Waals surface area contributed by atoms with Crippen LogP contribution in [0.5, 0.6) is 0 Å². The number of aromatic nitrogens is 1. The van der Waals surface area contributed by atoms with Gasteiger partial charge in [0.25, 0.3) is 5.91 Å². The second-order valence-electron chi connectivity index (χ2n) is 4.23. The minimum Gasteiger partial charge on any atom is -0.383 e. The lowest BCUT2D eigenvalue weighted by Crippen LogP contribution is -2.34. The van der Waals surface area contributed by atoms with E-state index in [1.807, 2.05) is 6.92 Å². The molecule has 0 aromatic carbocycles. The molecule has 5 nitrogen and oxygen atoms in total. The Balaban J connectivity index is 2.84. The number of ether oxygens (including phenoxy) is 1. The molecule has 1 aromatic heterocycles. The number of likely N-dealkylation sites (N-methyl/N-ethyl adjacent to an activating group) is 1. The van der Waals surface area contributed by atoms with Crippen molar-refractivity contribution in [1.29, 1.82) is 0 Å². The van der Waals surface area contributed by atoms with Crippen LogP contribution >= 0.6 is 0 Å². The number of methoxy groups -OCH3 is 1. The molecule has 1 rings (SSSR count). The predicted molar refractivity (Wildman–Crippen MR) is 76.5 cm³/mol. The smallest absolute Gasteiger partial charge is 0.256 e. The van der Waals surface area contributed by atoms with Crippen molar-refractivity contribution in [2.45, 2.75) is 20.3 Å². The summed E-state index contributed by atoms with van der Waals surface area (Å²) in [6, 6.07) is 1.76. The third-order valence-corrected chi connectivity index (χ3v) is 2.85. The maximum absolute atomic E-state index is 12.5. The number of nitrogens with one attached hydrogen (secondary N) is 1. The van der Waals surface area contributed by atoms with Crippen molar-refractivity contribution in [3.8, 4) is 0 Å². The largest absolute Gasteiger partial charge is 0.383 e. The molecule has 0 unspecified atom stereocenters. The van der Waals surface area contributed by atoms with E-state index in [-0.39, 0.29) is 5.91 Å². The molecule has 0 bridgehead atoms. The molecule has 1 amide bonds. The van der Waals surface area contributed by atoms with Gasteiger partial charge in [0.1, 0.15) is 0 Å². The van der Waals surface area contributed by atoms with Gasteiger partial charge in [0.05, 0.1) is 24.1 Å². The van der Waals surface area contributed by atoms with Crippen LogP contribution in [0.4, 0.5) is 5.69 Å². The molecule has 0 saturated heterocycles. The summed E-state index contributed by atoms with van der Waals surface area (Å²) in [5.41, 5.74) is 1.46. The van der Waals surface area contributed by atoms with Gasteiger partial charge in [0.15, 0.2) is 0 Å². The van der Waals surface area contributed by atoms with Crippen molar-refractivity contribution in [3.63, 3.8) is 0 Å². The second kappa shape index (κ2) is 8.48. The molecule has 0 fully saturated rings. The maximum Gasteiger partial charge on any atom is 0.256 e. The number of carbonyl (C=O) groups excluding carboxylic acids is 1. The number of hydrogen-bond acceptors (Lipinski definition) is 4. The zero-order chi connectivity index (χ0) is 14.1. The first-order chi connectivity index (χ1) is 9.24. The Morgan fingerprint density at radius 3 is 2.89 bits per heavy atom. The predicted octanol–water partition coefficient (Wildman–Crippen LogP) is 2.01. The lowest BCUT2D eigenvalue weighted by molar-refractivity contribution is 0.0707. The molecule has 106 valence electrons. The maximum atomic E-state index is 12.5. The Morgan fingerprint density at radius 2 is 2.26 bits per heavy atom. The molecular weight excluding hydrogens is 242 g/mol. The van der Waals surface area contributed by atoms with Crippen LogP contribution in [0.25, 0.3) is 0 Å². The molecule has 0 atom stereocenters. The molecule has 1 aromatic rings. The first-order valence-corrected chi connectivity index (χ1v) is 6.70. The van der Waals surface area contributed by atoms with Gasteiger partial charge in [0.2, 0.25) is 0 Å². The van der Waals surface area contributed by atoms with Crippen LogP contribution in [0.15, 0.2) is 18.5 Å². The molecule has 0 saturated carbocycles. The van der Waals surface area contributed by atoms with Gasteiger partial charge in [-0.1, -0.05) is 6.92 Å². The minimum atomic E-state index is 0.0144. The number of rotatable bonds is 8. The summed E-state index contributed by atoms with van der Waals surface area (Å²) in [7, 11) is 1.64. The second-order valence-corrected chi connectivity index (χ2v) is 4.23. The highest BCUT2D eigenvalue weighted by atomic mass is 16.5. The normalized spacial score (nSPS) is 10.3. The van der Waals surface area contributed by atoms with Crippen molar-refractivity contribution in [2.24, 2.45) is 0 Å². The monoisotopic (exact) mass is 265 g/mol. The number of anilines is 1. The first-order valence-electron chi connectivity index (χ1n) is 6.70. The van der Waals surface area contributed by atoms with Gasteiger partial charge in [-0.2, -0.15) is 0 Å². The zero-order valence-corrected chi connectivity index (χ0v) is 12.0. The summed E-state index contributed by atoms with van der Waals surface area (Å²) in [5, 5.41) is 3.24. The third-order valence-electron chi connectivity index (χ3n) is 2.85. The summed E-state index contributed by atoms with van der Waals surface area (Å²) < 4.78 is 5.03. The van der Waals surface area contributed by atoms with Gasteiger partial charge >= 0.3 is 0 Å². The molecule has 0 aliphatic carbocycles. The van der Waals surface area contributed by atoms with E-state index >= 15 is 0 Å². The van der Waals surface area contributed by atoms with Crippen molar-refractivity contribution in [3.05, 3.63) is 24.0 Å². The summed E-state index contributed by atoms with van der Waals surface area (Å²) >= 11 is 0. The van der Waals surface area contributed by atoms with E-state index in [1.165, 1.54) is 0 Å². The quantitative estimate of drug-likeness (QED) is 0.781. The standard InChI is InChI=1S/C14H23N3O2/c1-4-7-16-13-11-15-8-6-12(13)14(18)17(5-2)9-10-19-3/h6,8,11,16H,4-5,7,9-10H2,1-3H3. The van der Waals surface area contributed by atoms with Crippen LogP contribution in [0, 0.1) is 0 Å². The Kier molecular flexibility index (Phi) is 6.89. The van der Waals surface area contributed by atoms with Crippen molar-refractivity contribution in [2.75, 3.05) is 38.7 Å². The van der Waals surface area contributed by atoms with Crippen LogP contribution in [0.1, 0.15) is 30.6 Å². The minimum absolute atomic E-state index is 0.0144. The highest BCUT2D eigenvalue weighted by Gasteiger charge is 2.17. The van der Waals surface area contributed by atoms with Crippen LogP contribution in [0.3, 0.4) is 0 Å². The van der Waals surface area contributed by atoms with E-state index in [4.69, 9.17) is 4.74 Å². The Labute approximate surface area is 115 Å². The fourth-order valence-corrected chi connectivity index (χ4v) is 1.76. The van der Waals surface area contributed by atoms with Crippen LogP contribution < -0.4 is 5.32 Å². The summed E-state index contributed by atoms with van der Waals surface area (Å²) in [6.07, 6.45) is 4.35. The van der Waals surface area contributed by atoms with Crippen LogP contribution in [0.2, 0.25) is 0 Å². The molecule has 0 radical (unpaired) electrons. The van der Waals surface area contributed by atoms with E-state index < -0.39 is 0 Å².